The van der Waals surface area contributed by atoms with Crippen molar-refractivity contribution in [3.05, 3.63) is 29.8 Å². The van der Waals surface area contributed by atoms with E-state index in [0.717, 1.165) is 31.8 Å². The number of piperazine rings is 1. The van der Waals surface area contributed by atoms with Crippen LogP contribution >= 0.6 is 0 Å². The number of halogens is 2. The molecule has 3 rings (SSSR count). The zero-order valence-electron chi connectivity index (χ0n) is 11.0. The van der Waals surface area contributed by atoms with Gasteiger partial charge in [-0.15, -0.1) is 5.10 Å². The number of nitrogens with one attached hydrogen (secondary N) is 2. The molecule has 2 heterocycles. The summed E-state index contributed by atoms with van der Waals surface area (Å²) in [5, 5.41) is 10.3. The zero-order valence-corrected chi connectivity index (χ0v) is 11.0. The van der Waals surface area contributed by atoms with Crippen LogP contribution in [0.15, 0.2) is 18.2 Å². The van der Waals surface area contributed by atoms with Crippen LogP contribution in [0.25, 0.3) is 11.4 Å². The molecule has 0 spiro atoms. The van der Waals surface area contributed by atoms with Crippen LogP contribution in [-0.4, -0.2) is 40.9 Å². The number of hydrogen-bond acceptors (Lipinski definition) is 4. The van der Waals surface area contributed by atoms with Gasteiger partial charge >= 0.3 is 0 Å². The minimum absolute atomic E-state index is 0.369. The van der Waals surface area contributed by atoms with Gasteiger partial charge in [0.2, 0.25) is 5.95 Å². The first-order valence-corrected chi connectivity index (χ1v) is 6.49. The third-order valence-corrected chi connectivity index (χ3v) is 3.32. The highest BCUT2D eigenvalue weighted by Gasteiger charge is 2.19. The van der Waals surface area contributed by atoms with Crippen LogP contribution in [0, 0.1) is 11.6 Å². The van der Waals surface area contributed by atoms with Gasteiger partial charge in [-0.3, -0.25) is 5.10 Å². The molecule has 1 aromatic heterocycles. The first-order valence-electron chi connectivity index (χ1n) is 6.49. The SMILES string of the molecule is CC1CN(c2n[nH]c(-c3ccc(F)c(F)c3)n2)CCN1. The summed E-state index contributed by atoms with van der Waals surface area (Å²) in [5.74, 6) is -0.746. The molecule has 0 saturated carbocycles. The third-order valence-electron chi connectivity index (χ3n) is 3.32. The molecule has 2 N–H and O–H groups in total. The van der Waals surface area contributed by atoms with Gasteiger partial charge in [0.1, 0.15) is 0 Å². The molecule has 0 radical (unpaired) electrons. The number of benzene rings is 1. The molecule has 1 aliphatic heterocycles. The smallest absolute Gasteiger partial charge is 0.245 e. The summed E-state index contributed by atoms with van der Waals surface area (Å²) in [4.78, 5) is 6.41. The summed E-state index contributed by atoms with van der Waals surface area (Å²) in [6.07, 6.45) is 0. The molecule has 0 bridgehead atoms. The molecule has 106 valence electrons. The summed E-state index contributed by atoms with van der Waals surface area (Å²) < 4.78 is 26.1. The molecule has 1 unspecified atom stereocenters. The lowest BCUT2D eigenvalue weighted by molar-refractivity contribution is 0.480. The molecule has 1 fully saturated rings. The lowest BCUT2D eigenvalue weighted by Crippen LogP contribution is -2.49. The van der Waals surface area contributed by atoms with Crippen molar-refractivity contribution in [1.82, 2.24) is 20.5 Å². The van der Waals surface area contributed by atoms with Crippen molar-refractivity contribution in [1.29, 1.82) is 0 Å². The van der Waals surface area contributed by atoms with Crippen molar-refractivity contribution in [3.63, 3.8) is 0 Å². The fourth-order valence-electron chi connectivity index (χ4n) is 2.28. The fraction of sp³-hybridized carbons (Fsp3) is 0.385. The summed E-state index contributed by atoms with van der Waals surface area (Å²) in [5.41, 5.74) is 0.478. The molecule has 2 aromatic rings. The molecule has 1 atom stereocenters. The molecule has 0 amide bonds. The van der Waals surface area contributed by atoms with Crippen LogP contribution in [0.3, 0.4) is 0 Å². The van der Waals surface area contributed by atoms with Crippen LogP contribution in [-0.2, 0) is 0 Å². The highest BCUT2D eigenvalue weighted by molar-refractivity contribution is 5.56. The van der Waals surface area contributed by atoms with E-state index in [2.05, 4.69) is 32.3 Å². The highest BCUT2D eigenvalue weighted by atomic mass is 19.2. The second-order valence-electron chi connectivity index (χ2n) is 4.91. The van der Waals surface area contributed by atoms with Gasteiger partial charge in [-0.1, -0.05) is 0 Å². The normalized spacial score (nSPS) is 19.4. The lowest BCUT2D eigenvalue weighted by atomic mass is 10.2. The average Bonchev–Trinajstić information content (AvgIpc) is 2.92. The van der Waals surface area contributed by atoms with E-state index in [-0.39, 0.29) is 0 Å². The largest absolute Gasteiger partial charge is 0.337 e. The van der Waals surface area contributed by atoms with Gasteiger partial charge in [-0.05, 0) is 25.1 Å². The predicted octanol–water partition coefficient (Wildman–Crippen LogP) is 1.55. The average molecular weight is 279 g/mol. The third kappa shape index (κ3) is 2.49. The number of nitrogens with zero attached hydrogens (tertiary/aromatic N) is 3. The second-order valence-corrected chi connectivity index (χ2v) is 4.91. The number of hydrogen-bond donors (Lipinski definition) is 2. The number of H-pyrrole nitrogens is 1. The van der Waals surface area contributed by atoms with Crippen molar-refractivity contribution in [2.24, 2.45) is 0 Å². The molecule has 1 saturated heterocycles. The van der Waals surface area contributed by atoms with Crippen molar-refractivity contribution in [2.75, 3.05) is 24.5 Å². The van der Waals surface area contributed by atoms with E-state index in [9.17, 15) is 8.78 Å². The molecule has 7 heteroatoms. The maximum absolute atomic E-state index is 13.2. The van der Waals surface area contributed by atoms with E-state index in [1.54, 1.807) is 0 Å². The Labute approximate surface area is 115 Å². The van der Waals surface area contributed by atoms with Crippen LogP contribution in [0.1, 0.15) is 6.92 Å². The maximum Gasteiger partial charge on any atom is 0.245 e. The van der Waals surface area contributed by atoms with E-state index < -0.39 is 11.6 Å². The van der Waals surface area contributed by atoms with Gasteiger partial charge in [-0.2, -0.15) is 4.98 Å². The minimum atomic E-state index is -0.892. The van der Waals surface area contributed by atoms with Gasteiger partial charge in [-0.25, -0.2) is 8.78 Å². The summed E-state index contributed by atoms with van der Waals surface area (Å²) in [6, 6.07) is 4.04. The summed E-state index contributed by atoms with van der Waals surface area (Å²) >= 11 is 0. The molecule has 5 nitrogen and oxygen atoms in total. The Morgan fingerprint density at radius 1 is 1.30 bits per heavy atom. The molecule has 0 aliphatic carbocycles. The lowest BCUT2D eigenvalue weighted by Gasteiger charge is -2.30. The van der Waals surface area contributed by atoms with Crippen LogP contribution in [0.5, 0.6) is 0 Å². The van der Waals surface area contributed by atoms with E-state index in [0.29, 0.717) is 23.4 Å². The number of aromatic amines is 1. The Bertz CT molecular complexity index is 613. The number of anilines is 1. The first kappa shape index (κ1) is 13.0. The van der Waals surface area contributed by atoms with Crippen molar-refractivity contribution in [2.45, 2.75) is 13.0 Å². The molecule has 1 aliphatic rings. The van der Waals surface area contributed by atoms with Crippen LogP contribution < -0.4 is 10.2 Å². The molecular weight excluding hydrogens is 264 g/mol. The van der Waals surface area contributed by atoms with Crippen molar-refractivity contribution < 1.29 is 8.78 Å². The number of aromatic nitrogens is 3. The maximum atomic E-state index is 13.2. The fourth-order valence-corrected chi connectivity index (χ4v) is 2.28. The monoisotopic (exact) mass is 279 g/mol. The van der Waals surface area contributed by atoms with E-state index in [1.807, 2.05) is 0 Å². The second kappa shape index (κ2) is 5.16. The highest BCUT2D eigenvalue weighted by Crippen LogP contribution is 2.20. The van der Waals surface area contributed by atoms with Crippen molar-refractivity contribution >= 4 is 5.95 Å². The van der Waals surface area contributed by atoms with Gasteiger partial charge in [0.05, 0.1) is 0 Å². The topological polar surface area (TPSA) is 56.8 Å². The van der Waals surface area contributed by atoms with Crippen molar-refractivity contribution in [3.8, 4) is 11.4 Å². The molecule has 20 heavy (non-hydrogen) atoms. The van der Waals surface area contributed by atoms with Gasteiger partial charge < -0.3 is 10.2 Å². The van der Waals surface area contributed by atoms with E-state index >= 15 is 0 Å². The van der Waals surface area contributed by atoms with E-state index in [4.69, 9.17) is 0 Å². The Kier molecular flexibility index (Phi) is 3.35. The summed E-state index contributed by atoms with van der Waals surface area (Å²) in [7, 11) is 0. The van der Waals surface area contributed by atoms with Gasteiger partial charge in [0.15, 0.2) is 17.5 Å². The quantitative estimate of drug-likeness (QED) is 0.875. The molecular formula is C13H15F2N5. The zero-order chi connectivity index (χ0) is 14.1. The van der Waals surface area contributed by atoms with Gasteiger partial charge in [0.25, 0.3) is 0 Å². The van der Waals surface area contributed by atoms with Crippen LogP contribution in [0.2, 0.25) is 0 Å². The van der Waals surface area contributed by atoms with E-state index in [1.165, 1.54) is 6.07 Å². The molecule has 1 aromatic carbocycles. The van der Waals surface area contributed by atoms with Crippen LogP contribution in [0.4, 0.5) is 14.7 Å². The minimum Gasteiger partial charge on any atom is -0.337 e. The number of rotatable bonds is 2. The Balaban J connectivity index is 1.84. The summed E-state index contributed by atoms with van der Waals surface area (Å²) in [6.45, 7) is 4.60. The Morgan fingerprint density at radius 3 is 2.90 bits per heavy atom. The van der Waals surface area contributed by atoms with Gasteiger partial charge in [0, 0.05) is 31.2 Å². The Hall–Kier alpha value is -2.02. The Morgan fingerprint density at radius 2 is 2.15 bits per heavy atom. The predicted molar refractivity (Wildman–Crippen MR) is 71.4 cm³/mol. The standard InChI is InChI=1S/C13H15F2N5/c1-8-7-20(5-4-16-8)13-17-12(18-19-13)9-2-3-10(14)11(15)6-9/h2-3,6,8,16H,4-5,7H2,1H3,(H,17,18,19). The first-order chi connectivity index (χ1) is 9.63.